The third-order valence-corrected chi connectivity index (χ3v) is 5.13. The van der Waals surface area contributed by atoms with E-state index in [1.807, 2.05) is 85.8 Å². The van der Waals surface area contributed by atoms with Crippen molar-refractivity contribution in [2.75, 3.05) is 16.0 Å². The molecule has 152 valence electrons. The van der Waals surface area contributed by atoms with Crippen LogP contribution >= 0.6 is 0 Å². The molecule has 0 saturated heterocycles. The highest BCUT2D eigenvalue weighted by Crippen LogP contribution is 2.30. The topological polar surface area (TPSA) is 70.2 Å². The standard InChI is InChI=1S/C25H25N3O2/c1-17-7-11-21(12-8-17)28-25(30)23(18-5-3-2-4-6-18)26-20-13-15-22(16-14-20)27-24(29)19-9-10-19/h2-8,11-16,19,23,26H,9-10H2,1H3,(H,27,29)(H,28,30). The fourth-order valence-electron chi connectivity index (χ4n) is 3.20. The van der Waals surface area contributed by atoms with Gasteiger partial charge in [0.05, 0.1) is 0 Å². The summed E-state index contributed by atoms with van der Waals surface area (Å²) in [6.07, 6.45) is 1.95. The zero-order chi connectivity index (χ0) is 20.9. The van der Waals surface area contributed by atoms with Gasteiger partial charge in [0.1, 0.15) is 6.04 Å². The molecule has 1 aliphatic carbocycles. The van der Waals surface area contributed by atoms with Crippen molar-refractivity contribution in [2.24, 2.45) is 5.92 Å². The smallest absolute Gasteiger partial charge is 0.251 e. The van der Waals surface area contributed by atoms with Gasteiger partial charge in [-0.3, -0.25) is 9.59 Å². The van der Waals surface area contributed by atoms with Gasteiger partial charge in [0.15, 0.2) is 0 Å². The summed E-state index contributed by atoms with van der Waals surface area (Å²) in [5.74, 6) is 0.0993. The molecule has 0 aliphatic heterocycles. The lowest BCUT2D eigenvalue weighted by Crippen LogP contribution is -2.27. The minimum atomic E-state index is -0.556. The van der Waals surface area contributed by atoms with Crippen molar-refractivity contribution in [3.63, 3.8) is 0 Å². The van der Waals surface area contributed by atoms with Crippen LogP contribution in [0.25, 0.3) is 0 Å². The lowest BCUT2D eigenvalue weighted by molar-refractivity contribution is -0.118. The van der Waals surface area contributed by atoms with Crippen molar-refractivity contribution in [3.8, 4) is 0 Å². The monoisotopic (exact) mass is 399 g/mol. The number of nitrogens with one attached hydrogen (secondary N) is 3. The van der Waals surface area contributed by atoms with Crippen molar-refractivity contribution in [1.82, 2.24) is 0 Å². The van der Waals surface area contributed by atoms with Crippen LogP contribution < -0.4 is 16.0 Å². The normalized spacial score (nSPS) is 13.9. The summed E-state index contributed by atoms with van der Waals surface area (Å²) < 4.78 is 0. The maximum atomic E-state index is 13.1. The minimum Gasteiger partial charge on any atom is -0.370 e. The second-order valence-electron chi connectivity index (χ2n) is 7.68. The fraction of sp³-hybridized carbons (Fsp3) is 0.200. The first-order valence-corrected chi connectivity index (χ1v) is 10.2. The Morgan fingerprint density at radius 1 is 0.767 bits per heavy atom. The number of aryl methyl sites for hydroxylation is 1. The Hall–Kier alpha value is -3.60. The molecule has 1 unspecified atom stereocenters. The molecule has 1 fully saturated rings. The van der Waals surface area contributed by atoms with Crippen LogP contribution in [-0.2, 0) is 9.59 Å². The van der Waals surface area contributed by atoms with Gasteiger partial charge in [0.2, 0.25) is 5.91 Å². The van der Waals surface area contributed by atoms with E-state index in [0.717, 1.165) is 41.0 Å². The Balaban J connectivity index is 1.49. The highest BCUT2D eigenvalue weighted by Gasteiger charge is 2.29. The van der Waals surface area contributed by atoms with Crippen LogP contribution in [-0.4, -0.2) is 11.8 Å². The number of amides is 2. The number of benzene rings is 3. The van der Waals surface area contributed by atoms with E-state index < -0.39 is 6.04 Å². The molecule has 30 heavy (non-hydrogen) atoms. The van der Waals surface area contributed by atoms with Gasteiger partial charge in [-0.15, -0.1) is 0 Å². The number of anilines is 3. The van der Waals surface area contributed by atoms with Crippen LogP contribution in [0.2, 0.25) is 0 Å². The van der Waals surface area contributed by atoms with E-state index in [9.17, 15) is 9.59 Å². The highest BCUT2D eigenvalue weighted by molar-refractivity contribution is 5.97. The number of hydrogen-bond donors (Lipinski definition) is 3. The first-order valence-electron chi connectivity index (χ1n) is 10.2. The number of rotatable bonds is 7. The summed E-state index contributed by atoms with van der Waals surface area (Å²) in [5.41, 5.74) is 4.32. The molecule has 0 heterocycles. The third kappa shape index (κ3) is 5.06. The van der Waals surface area contributed by atoms with Crippen molar-refractivity contribution >= 4 is 28.9 Å². The van der Waals surface area contributed by atoms with E-state index in [0.29, 0.717) is 0 Å². The van der Waals surface area contributed by atoms with Gasteiger partial charge in [0, 0.05) is 23.0 Å². The van der Waals surface area contributed by atoms with Gasteiger partial charge in [-0.25, -0.2) is 0 Å². The van der Waals surface area contributed by atoms with Gasteiger partial charge in [-0.2, -0.15) is 0 Å². The molecule has 3 aromatic carbocycles. The molecule has 1 aliphatic rings. The van der Waals surface area contributed by atoms with Crippen LogP contribution in [0.1, 0.15) is 30.0 Å². The summed E-state index contributed by atoms with van der Waals surface area (Å²) in [5, 5.41) is 9.23. The van der Waals surface area contributed by atoms with Crippen molar-refractivity contribution in [2.45, 2.75) is 25.8 Å². The van der Waals surface area contributed by atoms with Crippen molar-refractivity contribution in [1.29, 1.82) is 0 Å². The molecular weight excluding hydrogens is 374 g/mol. The Kier molecular flexibility index (Phi) is 5.80. The molecule has 4 rings (SSSR count). The van der Waals surface area contributed by atoms with E-state index in [2.05, 4.69) is 16.0 Å². The van der Waals surface area contributed by atoms with Crippen LogP contribution in [0, 0.1) is 12.8 Å². The van der Waals surface area contributed by atoms with Crippen LogP contribution in [0.5, 0.6) is 0 Å². The molecule has 5 nitrogen and oxygen atoms in total. The summed E-state index contributed by atoms with van der Waals surface area (Å²) in [7, 11) is 0. The van der Waals surface area contributed by atoms with Gasteiger partial charge >= 0.3 is 0 Å². The summed E-state index contributed by atoms with van der Waals surface area (Å²) in [6.45, 7) is 2.01. The predicted octanol–water partition coefficient (Wildman–Crippen LogP) is 5.14. The fourth-order valence-corrected chi connectivity index (χ4v) is 3.20. The minimum absolute atomic E-state index is 0.0790. The third-order valence-electron chi connectivity index (χ3n) is 5.13. The zero-order valence-corrected chi connectivity index (χ0v) is 16.9. The quantitative estimate of drug-likeness (QED) is 0.515. The molecule has 3 N–H and O–H groups in total. The molecule has 0 radical (unpaired) electrons. The second kappa shape index (κ2) is 8.82. The Bertz CT molecular complexity index is 1010. The van der Waals surface area contributed by atoms with E-state index in [1.54, 1.807) is 0 Å². The van der Waals surface area contributed by atoms with Gasteiger partial charge in [-0.05, 0) is 61.7 Å². The van der Waals surface area contributed by atoms with Crippen LogP contribution in [0.4, 0.5) is 17.1 Å². The van der Waals surface area contributed by atoms with Gasteiger partial charge < -0.3 is 16.0 Å². The lowest BCUT2D eigenvalue weighted by atomic mass is 10.1. The first kappa shape index (κ1) is 19.7. The van der Waals surface area contributed by atoms with Crippen molar-refractivity contribution < 1.29 is 9.59 Å². The Labute approximate surface area is 176 Å². The summed E-state index contributed by atoms with van der Waals surface area (Å²) >= 11 is 0. The summed E-state index contributed by atoms with van der Waals surface area (Å²) in [4.78, 5) is 25.0. The predicted molar refractivity (Wildman–Crippen MR) is 120 cm³/mol. The number of hydrogen-bond acceptors (Lipinski definition) is 3. The van der Waals surface area contributed by atoms with Gasteiger partial charge in [-0.1, -0.05) is 48.0 Å². The molecule has 0 bridgehead atoms. The van der Waals surface area contributed by atoms with E-state index in [4.69, 9.17) is 0 Å². The van der Waals surface area contributed by atoms with E-state index in [1.165, 1.54) is 0 Å². The molecular formula is C25H25N3O2. The Morgan fingerprint density at radius 2 is 1.33 bits per heavy atom. The van der Waals surface area contributed by atoms with Gasteiger partial charge in [0.25, 0.3) is 5.91 Å². The van der Waals surface area contributed by atoms with Crippen molar-refractivity contribution in [3.05, 3.63) is 90.0 Å². The molecule has 5 heteroatoms. The number of carbonyl (C=O) groups excluding carboxylic acids is 2. The molecule has 1 atom stereocenters. The number of carbonyl (C=O) groups is 2. The first-order chi connectivity index (χ1) is 14.6. The zero-order valence-electron chi connectivity index (χ0n) is 16.9. The highest BCUT2D eigenvalue weighted by atomic mass is 16.2. The molecule has 2 amide bonds. The largest absolute Gasteiger partial charge is 0.370 e. The SMILES string of the molecule is Cc1ccc(NC(=O)C(Nc2ccc(NC(=O)C3CC3)cc2)c2ccccc2)cc1. The summed E-state index contributed by atoms with van der Waals surface area (Å²) in [6, 6.07) is 24.2. The average molecular weight is 399 g/mol. The molecule has 3 aromatic rings. The van der Waals surface area contributed by atoms with E-state index in [-0.39, 0.29) is 17.7 Å². The second-order valence-corrected chi connectivity index (χ2v) is 7.68. The molecule has 0 aromatic heterocycles. The molecule has 0 spiro atoms. The Morgan fingerprint density at radius 3 is 1.97 bits per heavy atom. The van der Waals surface area contributed by atoms with Crippen LogP contribution in [0.15, 0.2) is 78.9 Å². The van der Waals surface area contributed by atoms with Crippen LogP contribution in [0.3, 0.4) is 0 Å². The molecule has 1 saturated carbocycles. The maximum absolute atomic E-state index is 13.1. The lowest BCUT2D eigenvalue weighted by Gasteiger charge is -2.20. The maximum Gasteiger partial charge on any atom is 0.251 e. The van der Waals surface area contributed by atoms with E-state index >= 15 is 0 Å². The average Bonchev–Trinajstić information content (AvgIpc) is 3.61.